The van der Waals surface area contributed by atoms with Gasteiger partial charge in [0.2, 0.25) is 0 Å². The van der Waals surface area contributed by atoms with Gasteiger partial charge in [-0.1, -0.05) is 19.3 Å². The molecule has 0 aromatic carbocycles. The van der Waals surface area contributed by atoms with Gasteiger partial charge in [0.1, 0.15) is 0 Å². The molecule has 0 aromatic rings. The Balaban J connectivity index is 2.38. The molecule has 0 aromatic heterocycles. The molecule has 4 nitrogen and oxygen atoms in total. The number of likely N-dealkylation sites (N-methyl/N-ethyl adjacent to an activating group) is 1. The summed E-state index contributed by atoms with van der Waals surface area (Å²) in [5.74, 6) is 0.107. The van der Waals surface area contributed by atoms with Crippen LogP contribution in [0.4, 0.5) is 0 Å². The number of ether oxygens (including phenoxy) is 1. The number of hydrogen-bond donors (Lipinski definition) is 2. The minimum absolute atomic E-state index is 0.173. The van der Waals surface area contributed by atoms with E-state index in [1.165, 1.54) is 26.4 Å². The summed E-state index contributed by atoms with van der Waals surface area (Å²) >= 11 is 0. The van der Waals surface area contributed by atoms with Crippen LogP contribution in [0.2, 0.25) is 0 Å². The molecule has 0 bridgehead atoms. The zero-order valence-corrected chi connectivity index (χ0v) is 8.82. The number of methoxy groups -OCH3 is 1. The molecule has 1 aliphatic rings. The molecule has 0 saturated heterocycles. The Bertz CT molecular complexity index is 192. The third kappa shape index (κ3) is 2.69. The number of esters is 1. The van der Waals surface area contributed by atoms with Gasteiger partial charge >= 0.3 is 5.97 Å². The van der Waals surface area contributed by atoms with Crippen LogP contribution in [0.25, 0.3) is 0 Å². The number of aliphatic hydroxyl groups is 1. The molecule has 14 heavy (non-hydrogen) atoms. The van der Waals surface area contributed by atoms with Crippen LogP contribution in [0, 0.1) is 5.92 Å². The summed E-state index contributed by atoms with van der Waals surface area (Å²) in [6.45, 7) is 0. The monoisotopic (exact) mass is 201 g/mol. The lowest BCUT2D eigenvalue weighted by Crippen LogP contribution is -2.45. The Morgan fingerprint density at radius 3 is 2.64 bits per heavy atom. The first kappa shape index (κ1) is 11.5. The first-order valence-corrected chi connectivity index (χ1v) is 5.12. The van der Waals surface area contributed by atoms with Gasteiger partial charge in [-0.05, 0) is 19.4 Å². The minimum atomic E-state index is -1.04. The Morgan fingerprint density at radius 1 is 1.64 bits per heavy atom. The predicted octanol–water partition coefficient (Wildman–Crippen LogP) is 0.298. The lowest BCUT2D eigenvalue weighted by molar-refractivity contribution is -0.152. The fourth-order valence-electron chi connectivity index (χ4n) is 1.78. The fourth-order valence-corrected chi connectivity index (χ4v) is 1.78. The van der Waals surface area contributed by atoms with E-state index in [0.717, 1.165) is 6.42 Å². The van der Waals surface area contributed by atoms with Crippen LogP contribution in [0.1, 0.15) is 25.7 Å². The third-order valence-electron chi connectivity index (χ3n) is 3.01. The Hall–Kier alpha value is -0.610. The van der Waals surface area contributed by atoms with Gasteiger partial charge in [0.05, 0.1) is 7.11 Å². The maximum Gasteiger partial charge on any atom is 0.336 e. The van der Waals surface area contributed by atoms with Crippen LogP contribution in [0.5, 0.6) is 0 Å². The standard InChI is InChI=1S/C10H19NO3/c1-11-8(6-7-4-3-5-7)9(12)10(13)14-2/h7-9,11-12H,3-6H2,1-2H3/t8-,9+/m0/s1. The van der Waals surface area contributed by atoms with Crippen molar-refractivity contribution < 1.29 is 14.6 Å². The predicted molar refractivity (Wildman–Crippen MR) is 52.8 cm³/mol. The Kier molecular flexibility index (Phi) is 4.35. The van der Waals surface area contributed by atoms with Crippen molar-refractivity contribution in [3.05, 3.63) is 0 Å². The van der Waals surface area contributed by atoms with Crippen LogP contribution >= 0.6 is 0 Å². The molecule has 4 heteroatoms. The molecule has 0 radical (unpaired) electrons. The molecule has 0 amide bonds. The number of carbonyl (C=O) groups excluding carboxylic acids is 1. The maximum atomic E-state index is 11.1. The summed E-state index contributed by atoms with van der Waals surface area (Å²) < 4.78 is 4.50. The minimum Gasteiger partial charge on any atom is -0.467 e. The summed E-state index contributed by atoms with van der Waals surface area (Å²) in [7, 11) is 3.05. The number of rotatable bonds is 5. The summed E-state index contributed by atoms with van der Waals surface area (Å²) in [5, 5.41) is 12.6. The molecule has 0 spiro atoms. The van der Waals surface area contributed by atoms with E-state index in [9.17, 15) is 9.90 Å². The van der Waals surface area contributed by atoms with Gasteiger partial charge in [0.15, 0.2) is 6.10 Å². The summed E-state index contributed by atoms with van der Waals surface area (Å²) in [6, 6.07) is -0.173. The van der Waals surface area contributed by atoms with Gasteiger partial charge < -0.3 is 15.2 Å². The van der Waals surface area contributed by atoms with Crippen molar-refractivity contribution in [1.29, 1.82) is 0 Å². The number of aliphatic hydroxyl groups excluding tert-OH is 1. The highest BCUT2D eigenvalue weighted by atomic mass is 16.5. The summed E-state index contributed by atoms with van der Waals surface area (Å²) in [4.78, 5) is 11.1. The molecule has 0 aliphatic heterocycles. The van der Waals surface area contributed by atoms with E-state index in [2.05, 4.69) is 10.1 Å². The Morgan fingerprint density at radius 2 is 2.29 bits per heavy atom. The van der Waals surface area contributed by atoms with Crippen molar-refractivity contribution in [2.75, 3.05) is 14.2 Å². The second-order valence-corrected chi connectivity index (χ2v) is 3.90. The molecule has 0 heterocycles. The van der Waals surface area contributed by atoms with Crippen molar-refractivity contribution >= 4 is 5.97 Å². The van der Waals surface area contributed by atoms with Gasteiger partial charge in [-0.3, -0.25) is 0 Å². The van der Waals surface area contributed by atoms with Gasteiger partial charge in [-0.25, -0.2) is 4.79 Å². The zero-order valence-electron chi connectivity index (χ0n) is 8.82. The SMILES string of the molecule is CN[C@@H](CC1CCC1)[C@@H](O)C(=O)OC. The van der Waals surface area contributed by atoms with E-state index < -0.39 is 12.1 Å². The van der Waals surface area contributed by atoms with Gasteiger partial charge in [-0.15, -0.1) is 0 Å². The molecule has 82 valence electrons. The van der Waals surface area contributed by atoms with Crippen molar-refractivity contribution in [2.45, 2.75) is 37.8 Å². The van der Waals surface area contributed by atoms with E-state index in [1.54, 1.807) is 7.05 Å². The fraction of sp³-hybridized carbons (Fsp3) is 0.900. The lowest BCUT2D eigenvalue weighted by Gasteiger charge is -2.30. The molecule has 1 aliphatic carbocycles. The first-order valence-electron chi connectivity index (χ1n) is 5.12. The zero-order chi connectivity index (χ0) is 10.6. The number of nitrogens with one attached hydrogen (secondary N) is 1. The van der Waals surface area contributed by atoms with Crippen LogP contribution in [0.3, 0.4) is 0 Å². The van der Waals surface area contributed by atoms with Crippen LogP contribution < -0.4 is 5.32 Å². The molecule has 0 unspecified atom stereocenters. The van der Waals surface area contributed by atoms with Gasteiger partial charge in [0, 0.05) is 6.04 Å². The van der Waals surface area contributed by atoms with Crippen molar-refractivity contribution in [3.8, 4) is 0 Å². The molecular formula is C10H19NO3. The van der Waals surface area contributed by atoms with Gasteiger partial charge in [-0.2, -0.15) is 0 Å². The number of carbonyl (C=O) groups is 1. The topological polar surface area (TPSA) is 58.6 Å². The van der Waals surface area contributed by atoms with Gasteiger partial charge in [0.25, 0.3) is 0 Å². The highest BCUT2D eigenvalue weighted by Gasteiger charge is 2.30. The lowest BCUT2D eigenvalue weighted by atomic mass is 9.80. The van der Waals surface area contributed by atoms with E-state index in [4.69, 9.17) is 0 Å². The Labute approximate surface area is 84.6 Å². The van der Waals surface area contributed by atoms with Crippen LogP contribution in [0.15, 0.2) is 0 Å². The highest BCUT2D eigenvalue weighted by molar-refractivity contribution is 5.75. The van der Waals surface area contributed by atoms with Crippen LogP contribution in [-0.4, -0.2) is 37.4 Å². The smallest absolute Gasteiger partial charge is 0.336 e. The van der Waals surface area contributed by atoms with E-state index >= 15 is 0 Å². The molecule has 1 rings (SSSR count). The van der Waals surface area contributed by atoms with E-state index in [-0.39, 0.29) is 6.04 Å². The average molecular weight is 201 g/mol. The third-order valence-corrected chi connectivity index (χ3v) is 3.01. The van der Waals surface area contributed by atoms with Crippen molar-refractivity contribution in [1.82, 2.24) is 5.32 Å². The van der Waals surface area contributed by atoms with Crippen LogP contribution in [-0.2, 0) is 9.53 Å². The molecule has 1 saturated carbocycles. The van der Waals surface area contributed by atoms with E-state index in [1.807, 2.05) is 0 Å². The van der Waals surface area contributed by atoms with Crippen molar-refractivity contribution in [2.24, 2.45) is 5.92 Å². The molecule has 2 N–H and O–H groups in total. The molecule has 1 fully saturated rings. The highest BCUT2D eigenvalue weighted by Crippen LogP contribution is 2.31. The second-order valence-electron chi connectivity index (χ2n) is 3.90. The maximum absolute atomic E-state index is 11.1. The second kappa shape index (κ2) is 5.32. The van der Waals surface area contributed by atoms with E-state index in [0.29, 0.717) is 5.92 Å². The summed E-state index contributed by atoms with van der Waals surface area (Å²) in [6.07, 6.45) is 3.52. The number of hydrogen-bond acceptors (Lipinski definition) is 4. The average Bonchev–Trinajstić information content (AvgIpc) is 2.14. The normalized spacial score (nSPS) is 21.1. The quantitative estimate of drug-likeness (QED) is 0.628. The largest absolute Gasteiger partial charge is 0.467 e. The molecular weight excluding hydrogens is 182 g/mol. The van der Waals surface area contributed by atoms with Crippen molar-refractivity contribution in [3.63, 3.8) is 0 Å². The molecule has 2 atom stereocenters. The summed E-state index contributed by atoms with van der Waals surface area (Å²) in [5.41, 5.74) is 0. The first-order chi connectivity index (χ1) is 6.69.